The van der Waals surface area contributed by atoms with Crippen LogP contribution >= 0.6 is 15.9 Å². The Morgan fingerprint density at radius 3 is 2.45 bits per heavy atom. The highest BCUT2D eigenvalue weighted by Crippen LogP contribution is 2.39. The van der Waals surface area contributed by atoms with Crippen molar-refractivity contribution in [3.8, 4) is 0 Å². The number of carbonyl (C=O) groups is 2. The van der Waals surface area contributed by atoms with Gasteiger partial charge in [-0.3, -0.25) is 4.79 Å². The lowest BCUT2D eigenvalue weighted by Gasteiger charge is -2.46. The highest BCUT2D eigenvalue weighted by atomic mass is 79.9. The van der Waals surface area contributed by atoms with Gasteiger partial charge >= 0.3 is 6.09 Å². The summed E-state index contributed by atoms with van der Waals surface area (Å²) in [6.07, 6.45) is 1.47. The summed E-state index contributed by atoms with van der Waals surface area (Å²) in [6, 6.07) is 9.35. The lowest BCUT2D eigenvalue weighted by atomic mass is 9.95. The molecular formula is C22H34BrNO4Si. The van der Waals surface area contributed by atoms with Crippen LogP contribution in [0.5, 0.6) is 0 Å². The van der Waals surface area contributed by atoms with Gasteiger partial charge in [-0.15, -0.1) is 0 Å². The van der Waals surface area contributed by atoms with Crippen molar-refractivity contribution in [2.45, 2.75) is 76.9 Å². The highest BCUT2D eigenvalue weighted by Gasteiger charge is 2.44. The second kappa shape index (κ2) is 10.2. The predicted octanol–water partition coefficient (Wildman–Crippen LogP) is 5.53. The number of rotatable bonds is 7. The third-order valence-electron chi connectivity index (χ3n) is 5.99. The zero-order valence-electron chi connectivity index (χ0n) is 18.2. The monoisotopic (exact) mass is 483 g/mol. The number of hydrogen-bond acceptors (Lipinski definition) is 4. The fourth-order valence-corrected chi connectivity index (χ4v) is 4.89. The van der Waals surface area contributed by atoms with E-state index < -0.39 is 8.32 Å². The van der Waals surface area contributed by atoms with Crippen molar-refractivity contribution >= 4 is 36.1 Å². The van der Waals surface area contributed by atoms with Crippen LogP contribution in [0.3, 0.4) is 0 Å². The van der Waals surface area contributed by atoms with Gasteiger partial charge in [0.05, 0.1) is 17.5 Å². The van der Waals surface area contributed by atoms with Gasteiger partial charge in [0.2, 0.25) is 0 Å². The van der Waals surface area contributed by atoms with Crippen LogP contribution in [0, 0.1) is 0 Å². The Morgan fingerprint density at radius 2 is 1.86 bits per heavy atom. The van der Waals surface area contributed by atoms with E-state index >= 15 is 0 Å². The molecule has 0 aliphatic carbocycles. The average molecular weight is 485 g/mol. The Balaban J connectivity index is 2.15. The van der Waals surface area contributed by atoms with Crippen LogP contribution < -0.4 is 0 Å². The van der Waals surface area contributed by atoms with E-state index in [-0.39, 0.29) is 47.4 Å². The van der Waals surface area contributed by atoms with Crippen molar-refractivity contribution in [3.63, 3.8) is 0 Å². The van der Waals surface area contributed by atoms with Crippen molar-refractivity contribution < 1.29 is 18.8 Å². The number of alkyl halides is 1. The molecule has 1 aliphatic rings. The van der Waals surface area contributed by atoms with E-state index in [1.165, 1.54) is 0 Å². The minimum Gasteiger partial charge on any atom is -0.445 e. The number of benzene rings is 1. The molecule has 7 heteroatoms. The Kier molecular flexibility index (Phi) is 8.49. The van der Waals surface area contributed by atoms with Gasteiger partial charge < -0.3 is 14.1 Å². The zero-order chi connectivity index (χ0) is 21.7. The Bertz CT molecular complexity index is 690. The highest BCUT2D eigenvalue weighted by molar-refractivity contribution is 9.09. The minimum atomic E-state index is -2.03. The normalized spacial score (nSPS) is 20.4. The molecule has 0 spiro atoms. The number of carbonyl (C=O) groups excluding carboxylic acids is 2. The maximum Gasteiger partial charge on any atom is 0.410 e. The number of ketones is 1. The maximum atomic E-state index is 12.9. The second-order valence-corrected chi connectivity index (χ2v) is 14.6. The summed E-state index contributed by atoms with van der Waals surface area (Å²) in [4.78, 5) is 26.9. The summed E-state index contributed by atoms with van der Waals surface area (Å²) in [5.74, 6) is 0.0709. The average Bonchev–Trinajstić information content (AvgIpc) is 2.67. The summed E-state index contributed by atoms with van der Waals surface area (Å²) >= 11 is 3.26. The Hall–Kier alpha value is -1.18. The molecule has 0 radical (unpaired) electrons. The SMILES string of the molecule is CC(C)(C)[Si](C)(C)O[C@H]1CCCN(C(=O)OCc2ccccc2)[C@H]1CC(=O)CBr. The summed E-state index contributed by atoms with van der Waals surface area (Å²) in [5.41, 5.74) is 0.944. The van der Waals surface area contributed by atoms with Crippen LogP contribution in [0.25, 0.3) is 0 Å². The number of piperidine rings is 1. The molecule has 29 heavy (non-hydrogen) atoms. The van der Waals surface area contributed by atoms with Crippen LogP contribution in [0.2, 0.25) is 18.1 Å². The fourth-order valence-electron chi connectivity index (χ4n) is 3.27. The quantitative estimate of drug-likeness (QED) is 0.377. The van der Waals surface area contributed by atoms with Gasteiger partial charge in [0.25, 0.3) is 0 Å². The molecule has 0 bridgehead atoms. The molecule has 0 aromatic heterocycles. The maximum absolute atomic E-state index is 12.9. The molecular weight excluding hydrogens is 450 g/mol. The molecule has 2 rings (SSSR count). The largest absolute Gasteiger partial charge is 0.445 e. The molecule has 162 valence electrons. The zero-order valence-corrected chi connectivity index (χ0v) is 20.8. The van der Waals surface area contributed by atoms with Gasteiger partial charge in [-0.2, -0.15) is 0 Å². The van der Waals surface area contributed by atoms with E-state index in [1.807, 2.05) is 30.3 Å². The predicted molar refractivity (Wildman–Crippen MR) is 122 cm³/mol. The van der Waals surface area contributed by atoms with Gasteiger partial charge in [0.15, 0.2) is 8.32 Å². The van der Waals surface area contributed by atoms with Gasteiger partial charge in [0.1, 0.15) is 12.4 Å². The van der Waals surface area contributed by atoms with Crippen molar-refractivity contribution in [2.75, 3.05) is 11.9 Å². The molecule has 1 aliphatic heterocycles. The van der Waals surface area contributed by atoms with E-state index in [1.54, 1.807) is 4.90 Å². The lowest BCUT2D eigenvalue weighted by Crippen LogP contribution is -2.56. The number of ether oxygens (including phenoxy) is 1. The van der Waals surface area contributed by atoms with E-state index in [9.17, 15) is 9.59 Å². The van der Waals surface area contributed by atoms with Crippen molar-refractivity contribution in [1.29, 1.82) is 0 Å². The standard InChI is InChI=1S/C22H34BrNO4Si/c1-22(2,3)29(4,5)28-20-12-9-13-24(19(20)14-18(25)15-23)21(26)27-16-17-10-7-6-8-11-17/h6-8,10-11,19-20H,9,12-16H2,1-5H3/t19-,20-/m0/s1. The second-order valence-electron chi connectivity index (χ2n) is 9.24. The molecule has 0 N–H and O–H groups in total. The smallest absolute Gasteiger partial charge is 0.410 e. The molecule has 5 nitrogen and oxygen atoms in total. The van der Waals surface area contributed by atoms with E-state index in [4.69, 9.17) is 9.16 Å². The first-order valence-electron chi connectivity index (χ1n) is 10.3. The van der Waals surface area contributed by atoms with Crippen LogP contribution in [0.4, 0.5) is 4.79 Å². The third-order valence-corrected chi connectivity index (χ3v) is 11.1. The van der Waals surface area contributed by atoms with E-state index in [0.29, 0.717) is 6.54 Å². The Morgan fingerprint density at radius 1 is 1.21 bits per heavy atom. The Labute approximate surface area is 184 Å². The summed E-state index contributed by atoms with van der Waals surface area (Å²) < 4.78 is 12.2. The summed E-state index contributed by atoms with van der Waals surface area (Å²) in [6.45, 7) is 11.8. The molecule has 1 fully saturated rings. The lowest BCUT2D eigenvalue weighted by molar-refractivity contribution is -0.119. The van der Waals surface area contributed by atoms with Crippen LogP contribution in [0.1, 0.15) is 45.6 Å². The first kappa shape index (κ1) is 24.1. The summed E-state index contributed by atoms with van der Waals surface area (Å²) in [5, 5.41) is 0.344. The van der Waals surface area contributed by atoms with E-state index in [2.05, 4.69) is 49.8 Å². The van der Waals surface area contributed by atoms with Gasteiger partial charge in [-0.1, -0.05) is 67.0 Å². The number of nitrogens with zero attached hydrogens (tertiary/aromatic N) is 1. The number of Topliss-reactive ketones (excluding diaryl/α,β-unsaturated/α-hetero) is 1. The molecule has 1 aromatic carbocycles. The van der Waals surface area contributed by atoms with Crippen LogP contribution in [-0.4, -0.2) is 49.1 Å². The van der Waals surface area contributed by atoms with Crippen molar-refractivity contribution in [1.82, 2.24) is 4.90 Å². The number of halogens is 1. The minimum absolute atomic E-state index is 0.0626. The van der Waals surface area contributed by atoms with Crippen LogP contribution in [0.15, 0.2) is 30.3 Å². The molecule has 0 saturated carbocycles. The molecule has 2 atom stereocenters. The fraction of sp³-hybridized carbons (Fsp3) is 0.636. The third kappa shape index (κ3) is 6.66. The molecule has 1 aromatic rings. The first-order chi connectivity index (χ1) is 13.5. The summed E-state index contributed by atoms with van der Waals surface area (Å²) in [7, 11) is -2.03. The topological polar surface area (TPSA) is 55.8 Å². The van der Waals surface area contributed by atoms with Crippen molar-refractivity contribution in [3.05, 3.63) is 35.9 Å². The van der Waals surface area contributed by atoms with Gasteiger partial charge in [-0.05, 0) is 36.5 Å². The molecule has 1 amide bonds. The first-order valence-corrected chi connectivity index (χ1v) is 14.3. The molecule has 1 saturated heterocycles. The number of likely N-dealkylation sites (tertiary alicyclic amines) is 1. The molecule has 1 heterocycles. The van der Waals surface area contributed by atoms with E-state index in [0.717, 1.165) is 18.4 Å². The van der Waals surface area contributed by atoms with Crippen molar-refractivity contribution in [2.24, 2.45) is 0 Å². The molecule has 0 unspecified atom stereocenters. The van der Waals surface area contributed by atoms with Crippen LogP contribution in [-0.2, 0) is 20.6 Å². The number of amides is 1. The van der Waals surface area contributed by atoms with Gasteiger partial charge in [-0.25, -0.2) is 4.79 Å². The van der Waals surface area contributed by atoms with Gasteiger partial charge in [0, 0.05) is 13.0 Å². The number of hydrogen-bond donors (Lipinski definition) is 0.